The molecule has 94 valence electrons. The molecule has 0 aromatic heterocycles. The third-order valence-corrected chi connectivity index (χ3v) is 2.55. The Labute approximate surface area is 107 Å². The summed E-state index contributed by atoms with van der Waals surface area (Å²) in [6.45, 7) is 3.28. The van der Waals surface area contributed by atoms with E-state index in [1.807, 2.05) is 18.2 Å². The van der Waals surface area contributed by atoms with Gasteiger partial charge in [0.15, 0.2) is 0 Å². The van der Waals surface area contributed by atoms with E-state index in [-0.39, 0.29) is 18.5 Å². The molecule has 0 saturated carbocycles. The number of carbonyl (C=O) groups is 1. The Morgan fingerprint density at radius 3 is 2.71 bits per heavy atom. The second kappa shape index (κ2) is 7.14. The van der Waals surface area contributed by atoms with Crippen LogP contribution in [-0.4, -0.2) is 37.2 Å². The summed E-state index contributed by atoms with van der Waals surface area (Å²) in [5, 5.41) is 3.25. The number of benzene rings is 1. The summed E-state index contributed by atoms with van der Waals surface area (Å²) in [5.74, 6) is 0.602. The lowest BCUT2D eigenvalue weighted by Crippen LogP contribution is -2.36. The van der Waals surface area contributed by atoms with Crippen LogP contribution in [-0.2, 0) is 0 Å². The van der Waals surface area contributed by atoms with Gasteiger partial charge < -0.3 is 15.0 Å². The molecule has 1 aromatic carbocycles. The van der Waals surface area contributed by atoms with Crippen LogP contribution in [0.1, 0.15) is 6.42 Å². The lowest BCUT2D eigenvalue weighted by Gasteiger charge is -2.18. The fraction of sp³-hybridized carbons (Fsp3) is 0.417. The zero-order valence-corrected chi connectivity index (χ0v) is 10.4. The number of para-hydroxylation sites is 1. The van der Waals surface area contributed by atoms with Crippen molar-refractivity contribution in [2.75, 3.05) is 26.2 Å². The second-order valence-corrected chi connectivity index (χ2v) is 3.77. The molecule has 1 aromatic rings. The molecule has 1 amide bonds. The maximum Gasteiger partial charge on any atom is 0.415 e. The summed E-state index contributed by atoms with van der Waals surface area (Å²) >= 11 is 0. The van der Waals surface area contributed by atoms with Gasteiger partial charge in [-0.1, -0.05) is 18.2 Å². The van der Waals surface area contributed by atoms with Crippen molar-refractivity contribution in [3.05, 3.63) is 30.3 Å². The van der Waals surface area contributed by atoms with Crippen molar-refractivity contribution < 1.29 is 9.53 Å². The number of rotatable bonds is 1. The normalized spacial score (nSPS) is 15.6. The van der Waals surface area contributed by atoms with E-state index in [1.54, 1.807) is 17.0 Å². The van der Waals surface area contributed by atoms with Gasteiger partial charge in [-0.2, -0.15) is 0 Å². The number of halogens is 1. The number of carbonyl (C=O) groups excluding carboxylic acids is 1. The SMILES string of the molecule is Cl.O=C(Oc1ccccc1)N1CCCNCC1. The number of hydrogen-bond donors (Lipinski definition) is 1. The summed E-state index contributed by atoms with van der Waals surface area (Å²) in [6.07, 6.45) is 0.721. The molecule has 1 N–H and O–H groups in total. The number of hydrogen-bond acceptors (Lipinski definition) is 3. The number of ether oxygens (including phenoxy) is 1. The Bertz CT molecular complexity index is 338. The largest absolute Gasteiger partial charge is 0.415 e. The summed E-state index contributed by atoms with van der Waals surface area (Å²) < 4.78 is 5.27. The van der Waals surface area contributed by atoms with Crippen LogP contribution in [0.3, 0.4) is 0 Å². The van der Waals surface area contributed by atoms with E-state index < -0.39 is 0 Å². The first kappa shape index (κ1) is 13.8. The maximum absolute atomic E-state index is 11.8. The molecule has 1 aliphatic heterocycles. The molecule has 0 spiro atoms. The number of amides is 1. The highest BCUT2D eigenvalue weighted by Crippen LogP contribution is 2.10. The molecule has 0 aliphatic carbocycles. The van der Waals surface area contributed by atoms with Crippen LogP contribution in [0.25, 0.3) is 0 Å². The van der Waals surface area contributed by atoms with E-state index in [9.17, 15) is 4.79 Å². The van der Waals surface area contributed by atoms with E-state index in [1.165, 1.54) is 0 Å². The lowest BCUT2D eigenvalue weighted by atomic mass is 10.3. The summed E-state index contributed by atoms with van der Waals surface area (Å²) in [6, 6.07) is 9.17. The monoisotopic (exact) mass is 256 g/mol. The summed E-state index contributed by atoms with van der Waals surface area (Å²) in [5.41, 5.74) is 0. The highest BCUT2D eigenvalue weighted by Gasteiger charge is 2.16. The van der Waals surface area contributed by atoms with Crippen molar-refractivity contribution in [3.63, 3.8) is 0 Å². The Morgan fingerprint density at radius 2 is 1.94 bits per heavy atom. The van der Waals surface area contributed by atoms with Gasteiger partial charge in [-0.25, -0.2) is 4.79 Å². The molecular formula is C12H17ClN2O2. The standard InChI is InChI=1S/C12H16N2O2.ClH/c15-12(14-9-4-7-13-8-10-14)16-11-5-2-1-3-6-11;/h1-3,5-6,13H,4,7-10H2;1H. The van der Waals surface area contributed by atoms with Crippen LogP contribution >= 0.6 is 12.4 Å². The molecule has 0 bridgehead atoms. The van der Waals surface area contributed by atoms with Crippen LogP contribution in [0, 0.1) is 0 Å². The minimum absolute atomic E-state index is 0. The summed E-state index contributed by atoms with van der Waals surface area (Å²) in [4.78, 5) is 13.5. The Balaban J connectivity index is 0.00000144. The first-order valence-electron chi connectivity index (χ1n) is 5.59. The number of nitrogens with one attached hydrogen (secondary N) is 1. The van der Waals surface area contributed by atoms with Crippen molar-refractivity contribution >= 4 is 18.5 Å². The molecule has 2 rings (SSSR count). The average molecular weight is 257 g/mol. The molecule has 1 aliphatic rings. The van der Waals surface area contributed by atoms with Crippen molar-refractivity contribution in [1.82, 2.24) is 10.2 Å². The first-order chi connectivity index (χ1) is 7.86. The predicted octanol–water partition coefficient (Wildman–Crippen LogP) is 1.90. The van der Waals surface area contributed by atoms with Gasteiger partial charge in [0.05, 0.1) is 0 Å². The third-order valence-electron chi connectivity index (χ3n) is 2.55. The molecular weight excluding hydrogens is 240 g/mol. The molecule has 1 fully saturated rings. The lowest BCUT2D eigenvalue weighted by molar-refractivity contribution is 0.155. The Kier molecular flexibility index (Phi) is 5.80. The number of nitrogens with zero attached hydrogens (tertiary/aromatic N) is 1. The van der Waals surface area contributed by atoms with E-state index in [0.29, 0.717) is 12.3 Å². The van der Waals surface area contributed by atoms with Gasteiger partial charge in [0, 0.05) is 19.6 Å². The minimum Gasteiger partial charge on any atom is -0.410 e. The average Bonchev–Trinajstić information content (AvgIpc) is 2.59. The van der Waals surface area contributed by atoms with Crippen molar-refractivity contribution in [2.45, 2.75) is 6.42 Å². The van der Waals surface area contributed by atoms with Crippen LogP contribution < -0.4 is 10.1 Å². The zero-order chi connectivity index (χ0) is 11.2. The van der Waals surface area contributed by atoms with Crippen LogP contribution in [0.15, 0.2) is 30.3 Å². The van der Waals surface area contributed by atoms with Gasteiger partial charge >= 0.3 is 6.09 Å². The van der Waals surface area contributed by atoms with E-state index in [2.05, 4.69) is 5.32 Å². The van der Waals surface area contributed by atoms with Gasteiger partial charge in [0.25, 0.3) is 0 Å². The van der Waals surface area contributed by atoms with Crippen LogP contribution in [0.4, 0.5) is 4.79 Å². The molecule has 1 heterocycles. The molecule has 0 radical (unpaired) electrons. The highest BCUT2D eigenvalue weighted by atomic mass is 35.5. The third kappa shape index (κ3) is 4.24. The molecule has 0 unspecified atom stereocenters. The molecule has 5 heteroatoms. The molecule has 4 nitrogen and oxygen atoms in total. The molecule has 1 saturated heterocycles. The Morgan fingerprint density at radius 1 is 1.18 bits per heavy atom. The Hall–Kier alpha value is -1.26. The predicted molar refractivity (Wildman–Crippen MR) is 68.8 cm³/mol. The smallest absolute Gasteiger partial charge is 0.410 e. The second-order valence-electron chi connectivity index (χ2n) is 3.77. The highest BCUT2D eigenvalue weighted by molar-refractivity contribution is 5.85. The first-order valence-corrected chi connectivity index (χ1v) is 5.59. The van der Waals surface area contributed by atoms with E-state index >= 15 is 0 Å². The topological polar surface area (TPSA) is 41.6 Å². The van der Waals surface area contributed by atoms with Gasteiger partial charge in [0.1, 0.15) is 5.75 Å². The van der Waals surface area contributed by atoms with Crippen molar-refractivity contribution in [3.8, 4) is 5.75 Å². The van der Waals surface area contributed by atoms with Crippen LogP contribution in [0.2, 0.25) is 0 Å². The quantitative estimate of drug-likeness (QED) is 0.835. The fourth-order valence-corrected chi connectivity index (χ4v) is 1.68. The molecule has 0 atom stereocenters. The van der Waals surface area contributed by atoms with Crippen LogP contribution in [0.5, 0.6) is 5.75 Å². The maximum atomic E-state index is 11.8. The van der Waals surface area contributed by atoms with E-state index in [4.69, 9.17) is 4.74 Å². The van der Waals surface area contributed by atoms with Gasteiger partial charge in [-0.15, -0.1) is 12.4 Å². The fourth-order valence-electron chi connectivity index (χ4n) is 1.68. The van der Waals surface area contributed by atoms with E-state index in [0.717, 1.165) is 26.1 Å². The van der Waals surface area contributed by atoms with Crippen molar-refractivity contribution in [1.29, 1.82) is 0 Å². The minimum atomic E-state index is -0.255. The summed E-state index contributed by atoms with van der Waals surface area (Å²) in [7, 11) is 0. The van der Waals surface area contributed by atoms with Gasteiger partial charge in [-0.3, -0.25) is 0 Å². The van der Waals surface area contributed by atoms with Crippen molar-refractivity contribution in [2.24, 2.45) is 0 Å². The van der Waals surface area contributed by atoms with Gasteiger partial charge in [0.2, 0.25) is 0 Å². The zero-order valence-electron chi connectivity index (χ0n) is 9.59. The molecule has 17 heavy (non-hydrogen) atoms. The van der Waals surface area contributed by atoms with Gasteiger partial charge in [-0.05, 0) is 25.1 Å².